The number of ether oxygens (including phenoxy) is 1. The molecule has 0 aliphatic carbocycles. The van der Waals surface area contributed by atoms with Crippen molar-refractivity contribution in [3.63, 3.8) is 0 Å². The number of nitrogens with zero attached hydrogens (tertiary/aromatic N) is 2. The number of pyridine rings is 1. The first kappa shape index (κ1) is 17.1. The molecular weight excluding hydrogens is 324 g/mol. The zero-order chi connectivity index (χ0) is 16.8. The van der Waals surface area contributed by atoms with Crippen LogP contribution in [-0.4, -0.2) is 43.5 Å². The molecule has 1 fully saturated rings. The van der Waals surface area contributed by atoms with Crippen LogP contribution < -0.4 is 0 Å². The Hall–Kier alpha value is -1.76. The average Bonchev–Trinajstić information content (AvgIpc) is 2.64. The van der Waals surface area contributed by atoms with Crippen LogP contribution in [0, 0.1) is 0 Å². The maximum absolute atomic E-state index is 12.7. The third kappa shape index (κ3) is 4.20. The maximum atomic E-state index is 12.7. The Balaban J connectivity index is 1.56. The molecule has 1 aromatic carbocycles. The molecule has 5 nitrogen and oxygen atoms in total. The van der Waals surface area contributed by atoms with E-state index in [1.54, 1.807) is 18.3 Å². The van der Waals surface area contributed by atoms with Crippen LogP contribution in [0.3, 0.4) is 0 Å². The molecule has 0 radical (unpaired) electrons. The van der Waals surface area contributed by atoms with Crippen LogP contribution in [0.2, 0.25) is 0 Å². The summed E-state index contributed by atoms with van der Waals surface area (Å²) in [5.74, 6) is 0. The highest BCUT2D eigenvalue weighted by atomic mass is 32.2. The molecule has 2 aromatic rings. The summed E-state index contributed by atoms with van der Waals surface area (Å²) in [5, 5.41) is 0. The van der Waals surface area contributed by atoms with Gasteiger partial charge in [-0.1, -0.05) is 30.3 Å². The van der Waals surface area contributed by atoms with Gasteiger partial charge in [-0.2, -0.15) is 4.31 Å². The van der Waals surface area contributed by atoms with E-state index in [4.69, 9.17) is 4.74 Å². The first-order chi connectivity index (χ1) is 11.7. The van der Waals surface area contributed by atoms with E-state index in [2.05, 4.69) is 17.1 Å². The third-order valence-corrected chi connectivity index (χ3v) is 6.06. The number of sulfonamides is 1. The van der Waals surface area contributed by atoms with E-state index in [0.29, 0.717) is 19.7 Å². The van der Waals surface area contributed by atoms with E-state index in [1.807, 2.05) is 18.2 Å². The first-order valence-electron chi connectivity index (χ1n) is 8.22. The van der Waals surface area contributed by atoms with Crippen LogP contribution in [0.4, 0.5) is 0 Å². The molecule has 1 saturated heterocycles. The van der Waals surface area contributed by atoms with Gasteiger partial charge < -0.3 is 4.74 Å². The predicted octanol–water partition coefficient (Wildman–Crippen LogP) is 2.49. The van der Waals surface area contributed by atoms with Gasteiger partial charge in [0.2, 0.25) is 10.0 Å². The minimum atomic E-state index is -3.48. The Labute approximate surface area is 143 Å². The van der Waals surface area contributed by atoms with Crippen LogP contribution in [-0.2, 0) is 21.2 Å². The van der Waals surface area contributed by atoms with E-state index >= 15 is 0 Å². The summed E-state index contributed by atoms with van der Waals surface area (Å²) in [6, 6.07) is 13.5. The molecule has 1 aliphatic heterocycles. The summed E-state index contributed by atoms with van der Waals surface area (Å²) in [4.78, 5) is 4.16. The molecule has 0 bridgehead atoms. The van der Waals surface area contributed by atoms with Crippen LogP contribution >= 0.6 is 0 Å². The van der Waals surface area contributed by atoms with Crippen molar-refractivity contribution in [3.8, 4) is 0 Å². The lowest BCUT2D eigenvalue weighted by atomic mass is 10.1. The van der Waals surface area contributed by atoms with Crippen molar-refractivity contribution in [3.05, 3.63) is 60.4 Å². The predicted molar refractivity (Wildman–Crippen MR) is 92.1 cm³/mol. The van der Waals surface area contributed by atoms with E-state index in [1.165, 1.54) is 16.1 Å². The summed E-state index contributed by atoms with van der Waals surface area (Å²) in [7, 11) is -3.48. The lowest BCUT2D eigenvalue weighted by Crippen LogP contribution is -2.45. The molecule has 24 heavy (non-hydrogen) atoms. The Bertz CT molecular complexity index is 735. The minimum Gasteiger partial charge on any atom is -0.375 e. The molecular formula is C18H22N2O3S. The van der Waals surface area contributed by atoms with E-state index in [-0.39, 0.29) is 11.0 Å². The number of hydrogen-bond donors (Lipinski definition) is 0. The third-order valence-electron chi connectivity index (χ3n) is 4.21. The fraction of sp³-hybridized carbons (Fsp3) is 0.389. The molecule has 1 aromatic heterocycles. The van der Waals surface area contributed by atoms with E-state index in [9.17, 15) is 8.42 Å². The lowest BCUT2D eigenvalue weighted by molar-refractivity contribution is -0.00640. The molecule has 0 saturated carbocycles. The highest BCUT2D eigenvalue weighted by Crippen LogP contribution is 2.20. The zero-order valence-corrected chi connectivity index (χ0v) is 14.4. The molecule has 6 heteroatoms. The van der Waals surface area contributed by atoms with Crippen molar-refractivity contribution in [2.75, 3.05) is 19.7 Å². The molecule has 0 unspecified atom stereocenters. The summed E-state index contributed by atoms with van der Waals surface area (Å²) in [5.41, 5.74) is 1.30. The normalized spacial score (nSPS) is 19.2. The van der Waals surface area contributed by atoms with Crippen molar-refractivity contribution < 1.29 is 13.2 Å². The molecule has 1 atom stereocenters. The summed E-state index contributed by atoms with van der Waals surface area (Å²) in [6.45, 7) is 1.24. The maximum Gasteiger partial charge on any atom is 0.244 e. The van der Waals surface area contributed by atoms with Gasteiger partial charge in [-0.05, 0) is 37.0 Å². The number of aryl methyl sites for hydroxylation is 1. The highest BCUT2D eigenvalue weighted by molar-refractivity contribution is 7.89. The number of hydrogen-bond acceptors (Lipinski definition) is 4. The molecule has 0 N–H and O–H groups in total. The van der Waals surface area contributed by atoms with Crippen LogP contribution in [0.5, 0.6) is 0 Å². The van der Waals surface area contributed by atoms with Crippen molar-refractivity contribution in [2.24, 2.45) is 0 Å². The monoisotopic (exact) mass is 346 g/mol. The van der Waals surface area contributed by atoms with Crippen LogP contribution in [0.25, 0.3) is 0 Å². The van der Waals surface area contributed by atoms with Gasteiger partial charge in [-0.3, -0.25) is 4.98 Å². The van der Waals surface area contributed by atoms with Gasteiger partial charge in [0.15, 0.2) is 0 Å². The Morgan fingerprint density at radius 3 is 2.75 bits per heavy atom. The SMILES string of the molecule is O=S(=O)(c1cccnc1)N1CCO[C@H](CCCc2ccccc2)C1. The smallest absolute Gasteiger partial charge is 0.244 e. The number of morpholine rings is 1. The topological polar surface area (TPSA) is 59.5 Å². The fourth-order valence-corrected chi connectivity index (χ4v) is 4.33. The molecule has 0 amide bonds. The van der Waals surface area contributed by atoms with Gasteiger partial charge in [0.25, 0.3) is 0 Å². The average molecular weight is 346 g/mol. The number of aromatic nitrogens is 1. The van der Waals surface area contributed by atoms with Gasteiger partial charge in [-0.15, -0.1) is 0 Å². The largest absolute Gasteiger partial charge is 0.375 e. The Kier molecular flexibility index (Phi) is 5.60. The minimum absolute atomic E-state index is 0.0473. The van der Waals surface area contributed by atoms with Crippen LogP contribution in [0.15, 0.2) is 59.8 Å². The van der Waals surface area contributed by atoms with Crippen molar-refractivity contribution in [1.29, 1.82) is 0 Å². The number of benzene rings is 1. The van der Waals surface area contributed by atoms with Crippen molar-refractivity contribution in [2.45, 2.75) is 30.3 Å². The Morgan fingerprint density at radius 2 is 2.00 bits per heavy atom. The summed E-state index contributed by atoms with van der Waals surface area (Å²) in [6.07, 6.45) is 5.74. The second-order valence-corrected chi connectivity index (χ2v) is 7.86. The van der Waals surface area contributed by atoms with Crippen molar-refractivity contribution >= 4 is 10.0 Å². The fourth-order valence-electron chi connectivity index (χ4n) is 2.91. The van der Waals surface area contributed by atoms with E-state index in [0.717, 1.165) is 19.3 Å². The second-order valence-electron chi connectivity index (χ2n) is 5.92. The first-order valence-corrected chi connectivity index (χ1v) is 9.66. The molecule has 1 aliphatic rings. The second kappa shape index (κ2) is 7.88. The Morgan fingerprint density at radius 1 is 1.17 bits per heavy atom. The molecule has 2 heterocycles. The summed E-state index contributed by atoms with van der Waals surface area (Å²) < 4.78 is 32.6. The van der Waals surface area contributed by atoms with Gasteiger partial charge >= 0.3 is 0 Å². The molecule has 3 rings (SSSR count). The van der Waals surface area contributed by atoms with Crippen molar-refractivity contribution in [1.82, 2.24) is 9.29 Å². The van der Waals surface area contributed by atoms with Gasteiger partial charge in [-0.25, -0.2) is 8.42 Å². The molecule has 128 valence electrons. The van der Waals surface area contributed by atoms with Gasteiger partial charge in [0.1, 0.15) is 4.90 Å². The van der Waals surface area contributed by atoms with Gasteiger partial charge in [0, 0.05) is 25.5 Å². The van der Waals surface area contributed by atoms with Gasteiger partial charge in [0.05, 0.1) is 12.7 Å². The highest BCUT2D eigenvalue weighted by Gasteiger charge is 2.30. The van der Waals surface area contributed by atoms with Crippen LogP contribution in [0.1, 0.15) is 18.4 Å². The van der Waals surface area contributed by atoms with E-state index < -0.39 is 10.0 Å². The standard InChI is InChI=1S/C18H22N2O3S/c21-24(22,18-10-5-11-19-14-18)20-12-13-23-17(15-20)9-4-8-16-6-2-1-3-7-16/h1-3,5-7,10-11,14,17H,4,8-9,12-13,15H2/t17-/m1/s1. The summed E-state index contributed by atoms with van der Waals surface area (Å²) >= 11 is 0. The lowest BCUT2D eigenvalue weighted by Gasteiger charge is -2.32. The molecule has 0 spiro atoms. The quantitative estimate of drug-likeness (QED) is 0.806. The number of rotatable bonds is 6. The zero-order valence-electron chi connectivity index (χ0n) is 13.5.